The van der Waals surface area contributed by atoms with E-state index in [1.807, 2.05) is 30.3 Å². The zero-order chi connectivity index (χ0) is 21.6. The fraction of sp³-hybridized carbons (Fsp3) is 0.269. The van der Waals surface area contributed by atoms with E-state index in [-0.39, 0.29) is 0 Å². The first-order chi connectivity index (χ1) is 15.2. The molecule has 31 heavy (non-hydrogen) atoms. The van der Waals surface area contributed by atoms with Crippen molar-refractivity contribution in [3.63, 3.8) is 0 Å². The van der Waals surface area contributed by atoms with Gasteiger partial charge in [0.2, 0.25) is 0 Å². The zero-order valence-electron chi connectivity index (χ0n) is 18.2. The molecule has 0 spiro atoms. The molecule has 0 amide bonds. The number of nitrogens with zero attached hydrogens (tertiary/aromatic N) is 1. The Bertz CT molecular complexity index is 1080. The van der Waals surface area contributed by atoms with Crippen LogP contribution >= 0.6 is 0 Å². The molecule has 3 aromatic rings. The van der Waals surface area contributed by atoms with E-state index in [1.165, 1.54) is 5.56 Å². The molecule has 0 bridgehead atoms. The van der Waals surface area contributed by atoms with Gasteiger partial charge in [0.1, 0.15) is 6.61 Å². The van der Waals surface area contributed by atoms with Gasteiger partial charge in [0, 0.05) is 24.2 Å². The van der Waals surface area contributed by atoms with Crippen molar-refractivity contribution < 1.29 is 18.9 Å². The summed E-state index contributed by atoms with van der Waals surface area (Å²) >= 11 is 0. The third-order valence-corrected chi connectivity index (χ3v) is 5.44. The molecule has 5 heteroatoms. The largest absolute Gasteiger partial charge is 0.493 e. The minimum absolute atomic E-state index is 0.484. The summed E-state index contributed by atoms with van der Waals surface area (Å²) in [5.74, 6) is 2.92. The summed E-state index contributed by atoms with van der Waals surface area (Å²) in [5, 5.41) is 0. The van der Waals surface area contributed by atoms with Crippen LogP contribution in [-0.2, 0) is 19.4 Å². The quantitative estimate of drug-likeness (QED) is 0.524. The van der Waals surface area contributed by atoms with E-state index in [9.17, 15) is 0 Å². The highest BCUT2D eigenvalue weighted by atomic mass is 16.5. The predicted octanol–water partition coefficient (Wildman–Crippen LogP) is 4.88. The summed E-state index contributed by atoms with van der Waals surface area (Å²) in [6.07, 6.45) is 1.60. The highest BCUT2D eigenvalue weighted by Crippen LogP contribution is 2.34. The summed E-state index contributed by atoms with van der Waals surface area (Å²) in [6, 6.07) is 20.3. The molecule has 0 fully saturated rings. The van der Waals surface area contributed by atoms with Crippen molar-refractivity contribution >= 4 is 5.71 Å². The number of aliphatic imine (C=N–C) groups is 1. The number of methoxy groups -OCH3 is 3. The second-order valence-electron chi connectivity index (χ2n) is 7.38. The van der Waals surface area contributed by atoms with Crippen LogP contribution < -0.4 is 18.9 Å². The van der Waals surface area contributed by atoms with Gasteiger partial charge in [-0.25, -0.2) is 0 Å². The Morgan fingerprint density at radius 3 is 2.23 bits per heavy atom. The topological polar surface area (TPSA) is 49.3 Å². The fourth-order valence-corrected chi connectivity index (χ4v) is 3.82. The maximum atomic E-state index is 6.13. The van der Waals surface area contributed by atoms with E-state index < -0.39 is 0 Å². The van der Waals surface area contributed by atoms with Crippen LogP contribution in [0.2, 0.25) is 0 Å². The average molecular weight is 418 g/mol. The third kappa shape index (κ3) is 4.66. The van der Waals surface area contributed by atoms with Crippen molar-refractivity contribution in [2.24, 2.45) is 4.99 Å². The molecule has 1 aliphatic rings. The molecule has 0 saturated carbocycles. The van der Waals surface area contributed by atoms with Gasteiger partial charge in [-0.2, -0.15) is 0 Å². The van der Waals surface area contributed by atoms with Crippen molar-refractivity contribution in [2.75, 3.05) is 27.9 Å². The molecule has 1 heterocycles. The van der Waals surface area contributed by atoms with Gasteiger partial charge in [-0.3, -0.25) is 4.99 Å². The number of rotatable bonds is 8. The Balaban J connectivity index is 1.61. The fourth-order valence-electron chi connectivity index (χ4n) is 3.82. The van der Waals surface area contributed by atoms with Crippen molar-refractivity contribution in [1.82, 2.24) is 0 Å². The SMILES string of the molecule is COc1ccc(CC2=NCCc3cc(OC)c(OCc4ccccc4)cc32)cc1OC. The molecule has 0 saturated heterocycles. The van der Waals surface area contributed by atoms with Gasteiger partial charge < -0.3 is 18.9 Å². The van der Waals surface area contributed by atoms with Crippen LogP contribution in [0.15, 0.2) is 65.7 Å². The van der Waals surface area contributed by atoms with Gasteiger partial charge in [0.15, 0.2) is 23.0 Å². The van der Waals surface area contributed by atoms with Crippen molar-refractivity contribution in [3.8, 4) is 23.0 Å². The standard InChI is InChI=1S/C26H27NO4/c1-28-23-10-9-19(14-24(23)29-2)13-22-21-16-26(31-17-18-7-5-4-6-8-18)25(30-3)15-20(21)11-12-27-22/h4-10,14-16H,11-13,17H2,1-3H3. The molecule has 4 rings (SSSR count). The van der Waals surface area contributed by atoms with Crippen molar-refractivity contribution in [1.29, 1.82) is 0 Å². The third-order valence-electron chi connectivity index (χ3n) is 5.44. The lowest BCUT2D eigenvalue weighted by molar-refractivity contribution is 0.284. The monoisotopic (exact) mass is 417 g/mol. The first-order valence-corrected chi connectivity index (χ1v) is 10.3. The molecule has 1 aliphatic heterocycles. The Labute approximate surface area is 183 Å². The molecule has 0 aliphatic carbocycles. The van der Waals surface area contributed by atoms with Crippen LogP contribution in [-0.4, -0.2) is 33.6 Å². The van der Waals surface area contributed by atoms with Gasteiger partial charge >= 0.3 is 0 Å². The molecule has 0 N–H and O–H groups in total. The first kappa shape index (κ1) is 20.8. The van der Waals surface area contributed by atoms with Gasteiger partial charge in [-0.15, -0.1) is 0 Å². The highest BCUT2D eigenvalue weighted by Gasteiger charge is 2.19. The van der Waals surface area contributed by atoms with Crippen molar-refractivity contribution in [2.45, 2.75) is 19.4 Å². The van der Waals surface area contributed by atoms with E-state index >= 15 is 0 Å². The van der Waals surface area contributed by atoms with Crippen LogP contribution in [0.4, 0.5) is 0 Å². The van der Waals surface area contributed by atoms with Gasteiger partial charge in [0.05, 0.1) is 21.3 Å². The van der Waals surface area contributed by atoms with E-state index in [0.717, 1.165) is 58.4 Å². The minimum atomic E-state index is 0.484. The highest BCUT2D eigenvalue weighted by molar-refractivity contribution is 6.04. The Hall–Kier alpha value is -3.47. The molecule has 0 radical (unpaired) electrons. The van der Waals surface area contributed by atoms with Crippen molar-refractivity contribution in [3.05, 3.63) is 82.9 Å². The minimum Gasteiger partial charge on any atom is -0.493 e. The molecule has 160 valence electrons. The lowest BCUT2D eigenvalue weighted by Gasteiger charge is -2.21. The predicted molar refractivity (Wildman–Crippen MR) is 122 cm³/mol. The maximum absolute atomic E-state index is 6.13. The Morgan fingerprint density at radius 2 is 1.48 bits per heavy atom. The second-order valence-corrected chi connectivity index (χ2v) is 7.38. The Kier molecular flexibility index (Phi) is 6.41. The molecule has 5 nitrogen and oxygen atoms in total. The molecule has 0 atom stereocenters. The number of hydrogen-bond donors (Lipinski definition) is 0. The van der Waals surface area contributed by atoms with Gasteiger partial charge in [-0.1, -0.05) is 36.4 Å². The zero-order valence-corrected chi connectivity index (χ0v) is 18.2. The van der Waals surface area contributed by atoms with Gasteiger partial charge in [0.25, 0.3) is 0 Å². The first-order valence-electron chi connectivity index (χ1n) is 10.3. The number of ether oxygens (including phenoxy) is 4. The maximum Gasteiger partial charge on any atom is 0.162 e. The summed E-state index contributed by atoms with van der Waals surface area (Å²) in [5.41, 5.74) is 5.62. The summed E-state index contributed by atoms with van der Waals surface area (Å²) in [4.78, 5) is 4.83. The number of fused-ring (bicyclic) bond motifs is 1. The summed E-state index contributed by atoms with van der Waals surface area (Å²) in [7, 11) is 4.97. The molecule has 0 unspecified atom stereocenters. The van der Waals surface area contributed by atoms with E-state index in [4.69, 9.17) is 23.9 Å². The second kappa shape index (κ2) is 9.56. The molecule has 0 aromatic heterocycles. The normalized spacial score (nSPS) is 12.5. The van der Waals surface area contributed by atoms with Crippen LogP contribution in [0.5, 0.6) is 23.0 Å². The molecular weight excluding hydrogens is 390 g/mol. The van der Waals surface area contributed by atoms with E-state index in [0.29, 0.717) is 13.0 Å². The Morgan fingerprint density at radius 1 is 0.742 bits per heavy atom. The van der Waals surface area contributed by atoms with E-state index in [2.05, 4.69) is 30.3 Å². The van der Waals surface area contributed by atoms with Crippen LogP contribution in [0, 0.1) is 0 Å². The molecule has 3 aromatic carbocycles. The summed E-state index contributed by atoms with van der Waals surface area (Å²) < 4.78 is 22.6. The van der Waals surface area contributed by atoms with E-state index in [1.54, 1.807) is 21.3 Å². The van der Waals surface area contributed by atoms with Gasteiger partial charge in [-0.05, 0) is 47.4 Å². The number of hydrogen-bond acceptors (Lipinski definition) is 5. The van der Waals surface area contributed by atoms with Crippen LogP contribution in [0.3, 0.4) is 0 Å². The summed E-state index contributed by atoms with van der Waals surface area (Å²) in [6.45, 7) is 1.25. The van der Waals surface area contributed by atoms with Crippen LogP contribution in [0.25, 0.3) is 0 Å². The molecular formula is C26H27NO4. The smallest absolute Gasteiger partial charge is 0.162 e. The lowest BCUT2D eigenvalue weighted by Crippen LogP contribution is -2.16. The van der Waals surface area contributed by atoms with Crippen LogP contribution in [0.1, 0.15) is 22.3 Å². The number of benzene rings is 3. The lowest BCUT2D eigenvalue weighted by atomic mass is 9.93. The average Bonchev–Trinajstić information content (AvgIpc) is 2.83.